The van der Waals surface area contributed by atoms with E-state index in [-0.39, 0.29) is 10.8 Å². The largest absolute Gasteiger partial charge is 0.144 e. The lowest BCUT2D eigenvalue weighted by Gasteiger charge is -2.23. The zero-order valence-electron chi connectivity index (χ0n) is 8.83. The molecule has 0 saturated carbocycles. The molecule has 0 radical (unpaired) electrons. The Hall–Kier alpha value is -0.430. The summed E-state index contributed by atoms with van der Waals surface area (Å²) < 4.78 is 0. The van der Waals surface area contributed by atoms with E-state index in [1.165, 1.54) is 0 Å². The Kier molecular flexibility index (Phi) is 2.76. The normalized spacial score (nSPS) is 31.3. The van der Waals surface area contributed by atoms with Crippen LogP contribution in [0.5, 0.6) is 0 Å². The third-order valence-corrected chi connectivity index (χ3v) is 2.42. The summed E-state index contributed by atoms with van der Waals surface area (Å²) in [7, 11) is 0. The highest BCUT2D eigenvalue weighted by atomic mass is 32.1. The lowest BCUT2D eigenvalue weighted by Crippen LogP contribution is -2.10. The molecule has 0 nitrogen and oxygen atoms in total. The van der Waals surface area contributed by atoms with Gasteiger partial charge in [0.1, 0.15) is 0 Å². The molecule has 0 atom stereocenters. The summed E-state index contributed by atoms with van der Waals surface area (Å²) in [6.07, 6.45) is 10.9. The summed E-state index contributed by atoms with van der Waals surface area (Å²) in [5.41, 5.74) is 0.249. The lowest BCUT2D eigenvalue weighted by molar-refractivity contribution is 0.575. The van der Waals surface area contributed by atoms with Crippen molar-refractivity contribution in [1.82, 2.24) is 0 Å². The van der Waals surface area contributed by atoms with Crippen LogP contribution in [0.15, 0.2) is 35.3 Å². The first-order valence-electron chi connectivity index (χ1n) is 4.62. The Labute approximate surface area is 86.8 Å². The number of hydrogen-bond donors (Lipinski definition) is 1. The monoisotopic (exact) mass is 194 g/mol. The predicted molar refractivity (Wildman–Crippen MR) is 62.9 cm³/mol. The van der Waals surface area contributed by atoms with Crippen LogP contribution in [0.2, 0.25) is 0 Å². The molecule has 1 aliphatic rings. The van der Waals surface area contributed by atoms with Gasteiger partial charge in [0.15, 0.2) is 0 Å². The van der Waals surface area contributed by atoms with E-state index in [0.29, 0.717) is 0 Å². The van der Waals surface area contributed by atoms with Gasteiger partial charge < -0.3 is 0 Å². The molecule has 13 heavy (non-hydrogen) atoms. The van der Waals surface area contributed by atoms with Crippen molar-refractivity contribution in [1.29, 1.82) is 0 Å². The maximum Gasteiger partial charge on any atom is 0.00187 e. The minimum absolute atomic E-state index is 0.110. The van der Waals surface area contributed by atoms with E-state index in [1.54, 1.807) is 0 Å². The van der Waals surface area contributed by atoms with E-state index in [4.69, 9.17) is 0 Å². The van der Waals surface area contributed by atoms with Crippen LogP contribution in [0, 0.1) is 10.8 Å². The smallest absolute Gasteiger partial charge is 0.00187 e. The second kappa shape index (κ2) is 3.38. The van der Waals surface area contributed by atoms with Gasteiger partial charge in [0, 0.05) is 15.7 Å². The van der Waals surface area contributed by atoms with Crippen molar-refractivity contribution in [3.63, 3.8) is 0 Å². The molecule has 0 aromatic heterocycles. The first-order chi connectivity index (χ1) is 5.81. The number of rotatable bonds is 0. The molecule has 1 heteroatoms. The Morgan fingerprint density at radius 2 is 1.46 bits per heavy atom. The van der Waals surface area contributed by atoms with Crippen LogP contribution in [0.3, 0.4) is 0 Å². The molecule has 0 spiro atoms. The summed E-state index contributed by atoms with van der Waals surface area (Å²) in [4.78, 5) is 1.04. The van der Waals surface area contributed by atoms with Crippen molar-refractivity contribution in [2.45, 2.75) is 27.7 Å². The van der Waals surface area contributed by atoms with E-state index in [1.807, 2.05) is 0 Å². The first-order valence-corrected chi connectivity index (χ1v) is 5.07. The lowest BCUT2D eigenvalue weighted by atomic mass is 9.84. The van der Waals surface area contributed by atoms with Gasteiger partial charge in [-0.3, -0.25) is 0 Å². The van der Waals surface area contributed by atoms with Gasteiger partial charge in [-0.1, -0.05) is 58.1 Å². The van der Waals surface area contributed by atoms with Crippen LogP contribution in [0.25, 0.3) is 0 Å². The molecule has 0 saturated heterocycles. The molecule has 0 aromatic carbocycles. The second-order valence-corrected chi connectivity index (χ2v) is 5.40. The molecule has 0 amide bonds. The van der Waals surface area contributed by atoms with Gasteiger partial charge in [0.2, 0.25) is 0 Å². The Bertz CT molecular complexity index is 277. The van der Waals surface area contributed by atoms with Crippen LogP contribution < -0.4 is 0 Å². The van der Waals surface area contributed by atoms with Gasteiger partial charge in [-0.2, -0.15) is 0 Å². The van der Waals surface area contributed by atoms with E-state index in [9.17, 15) is 0 Å². The summed E-state index contributed by atoms with van der Waals surface area (Å²) in [5.74, 6) is 0. The van der Waals surface area contributed by atoms with E-state index in [2.05, 4.69) is 70.7 Å². The topological polar surface area (TPSA) is 0 Å². The maximum absolute atomic E-state index is 4.41. The molecular formula is C12H18S. The van der Waals surface area contributed by atoms with Crippen molar-refractivity contribution in [3.05, 3.63) is 35.3 Å². The van der Waals surface area contributed by atoms with Crippen LogP contribution in [-0.4, -0.2) is 0 Å². The molecule has 0 fully saturated rings. The van der Waals surface area contributed by atoms with Crippen LogP contribution in [0.4, 0.5) is 0 Å². The molecule has 72 valence electrons. The molecule has 0 N–H and O–H groups in total. The highest BCUT2D eigenvalue weighted by molar-refractivity contribution is 7.84. The average Bonchev–Trinajstić information content (AvgIpc) is 1.96. The summed E-state index contributed by atoms with van der Waals surface area (Å²) in [6, 6.07) is 0. The van der Waals surface area contributed by atoms with Crippen molar-refractivity contribution < 1.29 is 0 Å². The fraction of sp³-hybridized carbons (Fsp3) is 0.500. The van der Waals surface area contributed by atoms with E-state index >= 15 is 0 Å². The van der Waals surface area contributed by atoms with Crippen molar-refractivity contribution in [2.24, 2.45) is 10.8 Å². The van der Waals surface area contributed by atoms with Gasteiger partial charge in [0.25, 0.3) is 0 Å². The minimum atomic E-state index is 0.110. The molecule has 0 aromatic rings. The molecule has 0 unspecified atom stereocenters. The highest BCUT2D eigenvalue weighted by Crippen LogP contribution is 2.30. The van der Waals surface area contributed by atoms with E-state index in [0.717, 1.165) is 4.91 Å². The predicted octanol–water partition coefficient (Wildman–Crippen LogP) is 3.98. The molecule has 0 aliphatic heterocycles. The third-order valence-electron chi connectivity index (χ3n) is 2.15. The van der Waals surface area contributed by atoms with Gasteiger partial charge >= 0.3 is 0 Å². The fourth-order valence-corrected chi connectivity index (χ4v) is 1.67. The summed E-state index contributed by atoms with van der Waals surface area (Å²) in [6.45, 7) is 8.77. The van der Waals surface area contributed by atoms with E-state index < -0.39 is 0 Å². The third kappa shape index (κ3) is 3.43. The Morgan fingerprint density at radius 3 is 2.08 bits per heavy atom. The van der Waals surface area contributed by atoms with Crippen LogP contribution in [-0.2, 0) is 0 Å². The minimum Gasteiger partial charge on any atom is -0.144 e. The molecule has 1 rings (SSSR count). The first kappa shape index (κ1) is 10.6. The maximum atomic E-state index is 4.41. The van der Waals surface area contributed by atoms with Crippen molar-refractivity contribution in [2.75, 3.05) is 0 Å². The highest BCUT2D eigenvalue weighted by Gasteiger charge is 2.16. The molecular weight excluding hydrogens is 176 g/mol. The van der Waals surface area contributed by atoms with Gasteiger partial charge in [-0.25, -0.2) is 0 Å². The number of hydrogen-bond acceptors (Lipinski definition) is 1. The van der Waals surface area contributed by atoms with Crippen molar-refractivity contribution >= 4 is 12.6 Å². The summed E-state index contributed by atoms with van der Waals surface area (Å²) >= 11 is 4.41. The quantitative estimate of drug-likeness (QED) is 0.437. The van der Waals surface area contributed by atoms with Crippen LogP contribution in [0.1, 0.15) is 27.7 Å². The van der Waals surface area contributed by atoms with Crippen molar-refractivity contribution in [3.8, 4) is 0 Å². The van der Waals surface area contributed by atoms with Gasteiger partial charge in [-0.15, -0.1) is 12.6 Å². The standard InChI is InChI=1S/C12H18S/c1-11(2)6-5-10(13)9-12(3,4)8-7-11/h5-9,13H,1-4H3/b6-5-,8-7?,10-9+. The fourth-order valence-electron chi connectivity index (χ4n) is 1.26. The SMILES string of the molecule is CC1(C)C=CC(C)(C)/C=C(S)\C=C/1. The average molecular weight is 194 g/mol. The number of thiol groups is 1. The number of allylic oxidation sites excluding steroid dienone is 5. The Balaban J connectivity index is 3.10. The second-order valence-electron chi connectivity index (χ2n) is 4.88. The summed E-state index contributed by atoms with van der Waals surface area (Å²) in [5, 5.41) is 0. The van der Waals surface area contributed by atoms with Crippen LogP contribution >= 0.6 is 12.6 Å². The molecule has 0 heterocycles. The molecule has 0 bridgehead atoms. The zero-order chi connectivity index (χ0) is 10.1. The molecule has 1 aliphatic carbocycles. The van der Waals surface area contributed by atoms with Gasteiger partial charge in [-0.05, 0) is 0 Å². The zero-order valence-corrected chi connectivity index (χ0v) is 9.73. The Morgan fingerprint density at radius 1 is 0.923 bits per heavy atom. The van der Waals surface area contributed by atoms with Gasteiger partial charge in [0.05, 0.1) is 0 Å².